The van der Waals surface area contributed by atoms with Crippen LogP contribution in [0.5, 0.6) is 0 Å². The first-order chi connectivity index (χ1) is 18.0. The van der Waals surface area contributed by atoms with Gasteiger partial charge in [0.1, 0.15) is 12.2 Å². The molecule has 0 spiro atoms. The first kappa shape index (κ1) is 28.2. The number of aliphatic hydroxyl groups is 2. The summed E-state index contributed by atoms with van der Waals surface area (Å²) in [5, 5.41) is 24.9. The fourth-order valence-electron chi connectivity index (χ4n) is 4.51. The van der Waals surface area contributed by atoms with Gasteiger partial charge in [0, 0.05) is 44.8 Å². The Bertz CT molecular complexity index is 1070. The Morgan fingerprint density at radius 2 is 1.58 bits per heavy atom. The standard InChI is InChI=1S/C24H30N6O3.C3H8O2/c1-24(2)32-21-9-12-31-22(23(21)33-24)17-30-16-20(27-28-30)15-29(13-18-7-3-5-10-25-18)14-19-8-4-6-11-26-19;1-3(2,4)5/h3-8,10-11,16,21-23H,9,12-15,17H2,1-2H3;4-5H,1-2H3. The van der Waals surface area contributed by atoms with E-state index in [4.69, 9.17) is 24.4 Å². The molecule has 2 saturated heterocycles. The van der Waals surface area contributed by atoms with Crippen LogP contribution in [0.3, 0.4) is 0 Å². The second-order valence-electron chi connectivity index (χ2n) is 10.6. The maximum atomic E-state index is 8.08. The van der Waals surface area contributed by atoms with Gasteiger partial charge in [0.05, 0.1) is 29.7 Å². The Balaban J connectivity index is 0.000000617. The van der Waals surface area contributed by atoms with Crippen LogP contribution in [0.4, 0.5) is 0 Å². The summed E-state index contributed by atoms with van der Waals surface area (Å²) < 4.78 is 20.0. The highest BCUT2D eigenvalue weighted by atomic mass is 16.8. The Morgan fingerprint density at radius 3 is 2.16 bits per heavy atom. The molecular weight excluding hydrogens is 488 g/mol. The lowest BCUT2D eigenvalue weighted by Crippen LogP contribution is -2.45. The van der Waals surface area contributed by atoms with Crippen molar-refractivity contribution in [1.82, 2.24) is 29.9 Å². The van der Waals surface area contributed by atoms with Crippen molar-refractivity contribution in [2.45, 2.75) is 90.2 Å². The van der Waals surface area contributed by atoms with Gasteiger partial charge in [-0.15, -0.1) is 5.10 Å². The zero-order chi connectivity index (χ0) is 27.2. The van der Waals surface area contributed by atoms with Crippen LogP contribution in [0.25, 0.3) is 0 Å². The Morgan fingerprint density at radius 1 is 0.974 bits per heavy atom. The van der Waals surface area contributed by atoms with E-state index in [-0.39, 0.29) is 18.3 Å². The van der Waals surface area contributed by atoms with Crippen LogP contribution in [-0.2, 0) is 40.4 Å². The third-order valence-electron chi connectivity index (χ3n) is 5.88. The number of rotatable bonds is 8. The molecule has 3 atom stereocenters. The van der Waals surface area contributed by atoms with Gasteiger partial charge in [-0.05, 0) is 58.4 Å². The summed E-state index contributed by atoms with van der Waals surface area (Å²) in [5.41, 5.74) is 2.89. The summed E-state index contributed by atoms with van der Waals surface area (Å²) in [6.45, 7) is 9.77. The van der Waals surface area contributed by atoms with Crippen molar-refractivity contribution < 1.29 is 24.4 Å². The van der Waals surface area contributed by atoms with Crippen molar-refractivity contribution in [3.8, 4) is 0 Å². The largest absolute Gasteiger partial charge is 0.373 e. The smallest absolute Gasteiger partial charge is 0.163 e. The highest BCUT2D eigenvalue weighted by Gasteiger charge is 2.47. The minimum absolute atomic E-state index is 0.0639. The summed E-state index contributed by atoms with van der Waals surface area (Å²) in [6.07, 6.45) is 6.33. The summed E-state index contributed by atoms with van der Waals surface area (Å²) >= 11 is 0. The number of pyridine rings is 2. The van der Waals surface area contributed by atoms with Crippen molar-refractivity contribution >= 4 is 0 Å². The van der Waals surface area contributed by atoms with E-state index >= 15 is 0 Å². The molecule has 38 heavy (non-hydrogen) atoms. The molecule has 3 aromatic heterocycles. The Hall–Kier alpha value is -2.80. The number of ether oxygens (including phenoxy) is 3. The quantitative estimate of drug-likeness (QED) is 0.422. The van der Waals surface area contributed by atoms with Gasteiger partial charge in [-0.1, -0.05) is 17.3 Å². The van der Waals surface area contributed by atoms with Gasteiger partial charge >= 0.3 is 0 Å². The van der Waals surface area contributed by atoms with Gasteiger partial charge in [-0.3, -0.25) is 14.9 Å². The molecule has 5 heterocycles. The van der Waals surface area contributed by atoms with Gasteiger partial charge < -0.3 is 24.4 Å². The minimum atomic E-state index is -1.50. The van der Waals surface area contributed by atoms with E-state index in [1.807, 2.05) is 73.5 Å². The van der Waals surface area contributed by atoms with Crippen LogP contribution in [0, 0.1) is 0 Å². The van der Waals surface area contributed by atoms with E-state index in [0.717, 1.165) is 23.5 Å². The molecule has 2 fully saturated rings. The van der Waals surface area contributed by atoms with E-state index in [1.54, 1.807) is 0 Å². The molecule has 0 amide bonds. The molecule has 2 aliphatic heterocycles. The molecule has 206 valence electrons. The van der Waals surface area contributed by atoms with Crippen molar-refractivity contribution in [2.75, 3.05) is 6.61 Å². The number of nitrogens with zero attached hydrogens (tertiary/aromatic N) is 6. The lowest BCUT2D eigenvalue weighted by atomic mass is 10.0. The predicted octanol–water partition coefficient (Wildman–Crippen LogP) is 2.29. The molecule has 5 rings (SSSR count). The van der Waals surface area contributed by atoms with Crippen LogP contribution in [0.15, 0.2) is 55.0 Å². The average molecular weight is 527 g/mol. The first-order valence-corrected chi connectivity index (χ1v) is 12.9. The van der Waals surface area contributed by atoms with Crippen LogP contribution < -0.4 is 0 Å². The van der Waals surface area contributed by atoms with Gasteiger partial charge in [-0.25, -0.2) is 4.68 Å². The molecule has 2 aliphatic rings. The topological polar surface area (TPSA) is 128 Å². The van der Waals surface area contributed by atoms with Crippen LogP contribution in [0.1, 0.15) is 51.2 Å². The number of aromatic nitrogens is 5. The summed E-state index contributed by atoms with van der Waals surface area (Å²) in [7, 11) is 0. The van der Waals surface area contributed by atoms with Crippen molar-refractivity contribution in [3.63, 3.8) is 0 Å². The van der Waals surface area contributed by atoms with Crippen molar-refractivity contribution in [2.24, 2.45) is 0 Å². The zero-order valence-electron chi connectivity index (χ0n) is 22.5. The second kappa shape index (κ2) is 12.4. The van der Waals surface area contributed by atoms with Gasteiger partial charge in [0.25, 0.3) is 0 Å². The van der Waals surface area contributed by atoms with Gasteiger partial charge in [0.2, 0.25) is 0 Å². The maximum absolute atomic E-state index is 8.08. The molecule has 2 N–H and O–H groups in total. The normalized spacial score (nSPS) is 22.6. The predicted molar refractivity (Wildman–Crippen MR) is 138 cm³/mol. The lowest BCUT2D eigenvalue weighted by Gasteiger charge is -2.31. The molecule has 0 aromatic carbocycles. The molecule has 0 bridgehead atoms. The monoisotopic (exact) mass is 526 g/mol. The molecule has 11 nitrogen and oxygen atoms in total. The third-order valence-corrected chi connectivity index (χ3v) is 5.88. The number of fused-ring (bicyclic) bond motifs is 1. The molecule has 11 heteroatoms. The molecule has 3 unspecified atom stereocenters. The van der Waals surface area contributed by atoms with Crippen LogP contribution in [-0.4, -0.2) is 76.6 Å². The second-order valence-corrected chi connectivity index (χ2v) is 10.6. The SMILES string of the molecule is CC(C)(O)O.CC1(C)OC2CCOC(Cn3cc(CN(Cc4ccccn4)Cc4ccccn4)nn3)C2O1. The van der Waals surface area contributed by atoms with E-state index in [0.29, 0.717) is 32.8 Å². The van der Waals surface area contributed by atoms with E-state index in [9.17, 15) is 0 Å². The first-order valence-electron chi connectivity index (χ1n) is 12.9. The number of hydrogen-bond acceptors (Lipinski definition) is 10. The van der Waals surface area contributed by atoms with Crippen LogP contribution >= 0.6 is 0 Å². The lowest BCUT2D eigenvalue weighted by molar-refractivity contribution is -0.155. The van der Waals surface area contributed by atoms with E-state index in [2.05, 4.69) is 25.2 Å². The average Bonchev–Trinajstić information content (AvgIpc) is 3.41. The summed E-state index contributed by atoms with van der Waals surface area (Å²) in [4.78, 5) is 11.2. The molecule has 0 radical (unpaired) electrons. The Kier molecular flexibility index (Phi) is 9.19. The highest BCUT2D eigenvalue weighted by molar-refractivity contribution is 5.07. The maximum Gasteiger partial charge on any atom is 0.163 e. The minimum Gasteiger partial charge on any atom is -0.373 e. The van der Waals surface area contributed by atoms with E-state index < -0.39 is 11.6 Å². The fourth-order valence-corrected chi connectivity index (χ4v) is 4.51. The molecule has 0 saturated carbocycles. The van der Waals surface area contributed by atoms with Gasteiger partial charge in [-0.2, -0.15) is 0 Å². The molecule has 3 aromatic rings. The highest BCUT2D eigenvalue weighted by Crippen LogP contribution is 2.35. The zero-order valence-corrected chi connectivity index (χ0v) is 22.5. The Labute approximate surface area is 223 Å². The fraction of sp³-hybridized carbons (Fsp3) is 0.556. The third kappa shape index (κ3) is 8.90. The van der Waals surface area contributed by atoms with Crippen LogP contribution in [0.2, 0.25) is 0 Å². The number of hydrogen-bond donors (Lipinski definition) is 2. The molecule has 0 aliphatic carbocycles. The summed E-state index contributed by atoms with van der Waals surface area (Å²) in [6, 6.07) is 11.9. The molecular formula is C27H38N6O5. The van der Waals surface area contributed by atoms with Crippen molar-refractivity contribution in [1.29, 1.82) is 0 Å². The van der Waals surface area contributed by atoms with Crippen molar-refractivity contribution in [3.05, 3.63) is 72.1 Å². The van der Waals surface area contributed by atoms with E-state index in [1.165, 1.54) is 13.8 Å². The van der Waals surface area contributed by atoms with Gasteiger partial charge in [0.15, 0.2) is 11.6 Å². The summed E-state index contributed by atoms with van der Waals surface area (Å²) in [5.74, 6) is -2.08.